The van der Waals surface area contributed by atoms with Gasteiger partial charge in [-0.25, -0.2) is 9.86 Å². The number of anilines is 2. The SMILES string of the molecule is CCC(=O)N(O)C1CC(=O)N(C)c2ccccc2N1C(=O)OCC1CC1. The number of carbonyl (C=O) groups excluding carboxylic acids is 3. The summed E-state index contributed by atoms with van der Waals surface area (Å²) in [6.07, 6.45) is 0.0210. The summed E-state index contributed by atoms with van der Waals surface area (Å²) in [4.78, 5) is 40.0. The van der Waals surface area contributed by atoms with Crippen LogP contribution in [0.1, 0.15) is 32.6 Å². The summed E-state index contributed by atoms with van der Waals surface area (Å²) in [6, 6.07) is 6.86. The number of fused-ring (bicyclic) bond motifs is 1. The van der Waals surface area contributed by atoms with E-state index in [1.54, 1.807) is 38.2 Å². The van der Waals surface area contributed by atoms with Gasteiger partial charge in [0.1, 0.15) is 6.17 Å². The van der Waals surface area contributed by atoms with Crippen molar-refractivity contribution in [3.63, 3.8) is 0 Å². The molecule has 1 atom stereocenters. The van der Waals surface area contributed by atoms with Crippen LogP contribution in [-0.4, -0.2) is 48.0 Å². The van der Waals surface area contributed by atoms with Crippen molar-refractivity contribution in [1.29, 1.82) is 0 Å². The molecule has 0 radical (unpaired) electrons. The van der Waals surface area contributed by atoms with Crippen molar-refractivity contribution in [3.8, 4) is 0 Å². The molecular weight excluding hydrogens is 338 g/mol. The second kappa shape index (κ2) is 7.33. The van der Waals surface area contributed by atoms with E-state index in [0.29, 0.717) is 29.0 Å². The van der Waals surface area contributed by atoms with Crippen LogP contribution in [0.15, 0.2) is 24.3 Å². The Kier molecular flexibility index (Phi) is 5.13. The summed E-state index contributed by atoms with van der Waals surface area (Å²) >= 11 is 0. The Labute approximate surface area is 151 Å². The highest BCUT2D eigenvalue weighted by Gasteiger charge is 2.40. The second-order valence-electron chi connectivity index (χ2n) is 6.61. The first-order chi connectivity index (χ1) is 12.4. The van der Waals surface area contributed by atoms with Gasteiger partial charge in [-0.3, -0.25) is 19.7 Å². The van der Waals surface area contributed by atoms with Gasteiger partial charge >= 0.3 is 6.09 Å². The third kappa shape index (κ3) is 3.50. The van der Waals surface area contributed by atoms with Gasteiger partial charge in [0.05, 0.1) is 24.4 Å². The maximum atomic E-state index is 12.8. The predicted molar refractivity (Wildman–Crippen MR) is 93.7 cm³/mol. The van der Waals surface area contributed by atoms with Crippen molar-refractivity contribution in [1.82, 2.24) is 5.06 Å². The fraction of sp³-hybridized carbons (Fsp3) is 0.500. The fourth-order valence-electron chi connectivity index (χ4n) is 2.92. The summed E-state index contributed by atoms with van der Waals surface area (Å²) in [5.74, 6) is -0.529. The van der Waals surface area contributed by atoms with Crippen molar-refractivity contribution in [2.24, 2.45) is 5.92 Å². The van der Waals surface area contributed by atoms with E-state index >= 15 is 0 Å². The van der Waals surface area contributed by atoms with E-state index in [1.807, 2.05) is 0 Å². The lowest BCUT2D eigenvalue weighted by molar-refractivity contribution is -0.176. The molecule has 0 saturated heterocycles. The van der Waals surface area contributed by atoms with Gasteiger partial charge in [0, 0.05) is 13.5 Å². The molecule has 1 aliphatic carbocycles. The van der Waals surface area contributed by atoms with Crippen LogP contribution in [0.3, 0.4) is 0 Å². The number of benzene rings is 1. The maximum Gasteiger partial charge on any atom is 0.416 e. The number of ether oxygens (including phenoxy) is 1. The number of para-hydroxylation sites is 2. The number of amides is 3. The van der Waals surface area contributed by atoms with Crippen LogP contribution in [0.2, 0.25) is 0 Å². The molecule has 1 aromatic rings. The van der Waals surface area contributed by atoms with E-state index < -0.39 is 18.2 Å². The normalized spacial score (nSPS) is 19.7. The minimum Gasteiger partial charge on any atom is -0.449 e. The van der Waals surface area contributed by atoms with Gasteiger partial charge in [-0.05, 0) is 30.9 Å². The molecule has 3 amide bonds. The lowest BCUT2D eigenvalue weighted by Gasteiger charge is -2.33. The van der Waals surface area contributed by atoms with Crippen LogP contribution >= 0.6 is 0 Å². The highest BCUT2D eigenvalue weighted by atomic mass is 16.6. The van der Waals surface area contributed by atoms with Crippen molar-refractivity contribution in [2.45, 2.75) is 38.8 Å². The fourth-order valence-corrected chi connectivity index (χ4v) is 2.92. The topological polar surface area (TPSA) is 90.4 Å². The first kappa shape index (κ1) is 18.2. The van der Waals surface area contributed by atoms with Gasteiger partial charge in [0.15, 0.2) is 0 Å². The smallest absolute Gasteiger partial charge is 0.416 e. The Hall–Kier alpha value is -2.61. The van der Waals surface area contributed by atoms with Gasteiger partial charge < -0.3 is 9.64 Å². The zero-order valence-electron chi connectivity index (χ0n) is 14.9. The zero-order chi connectivity index (χ0) is 18.8. The van der Waals surface area contributed by atoms with E-state index in [4.69, 9.17) is 4.74 Å². The molecule has 8 heteroatoms. The van der Waals surface area contributed by atoms with Gasteiger partial charge in [0.25, 0.3) is 0 Å². The van der Waals surface area contributed by atoms with Crippen LogP contribution in [0.25, 0.3) is 0 Å². The number of nitrogens with zero attached hydrogens (tertiary/aromatic N) is 3. The summed E-state index contributed by atoms with van der Waals surface area (Å²) in [7, 11) is 1.60. The molecule has 26 heavy (non-hydrogen) atoms. The standard InChI is InChI=1S/C18H23N3O5/c1-3-16(22)21(25)15-10-17(23)19(2)13-6-4-5-7-14(13)20(15)18(24)26-11-12-8-9-12/h4-7,12,15,25H,3,8-11H2,1-2H3. The number of rotatable bonds is 4. The molecule has 1 heterocycles. The molecule has 1 fully saturated rings. The first-order valence-electron chi connectivity index (χ1n) is 8.76. The second-order valence-corrected chi connectivity index (χ2v) is 6.61. The van der Waals surface area contributed by atoms with Gasteiger partial charge in [0.2, 0.25) is 11.8 Å². The third-order valence-electron chi connectivity index (χ3n) is 4.71. The molecule has 1 aromatic carbocycles. The Morgan fingerprint density at radius 1 is 1.27 bits per heavy atom. The van der Waals surface area contributed by atoms with Crippen molar-refractivity contribution in [3.05, 3.63) is 24.3 Å². The summed E-state index contributed by atoms with van der Waals surface area (Å²) in [5.41, 5.74) is 0.926. The van der Waals surface area contributed by atoms with Crippen LogP contribution in [-0.2, 0) is 14.3 Å². The van der Waals surface area contributed by atoms with Gasteiger partial charge in [-0.2, -0.15) is 0 Å². The summed E-state index contributed by atoms with van der Waals surface area (Å²) < 4.78 is 5.39. The first-order valence-corrected chi connectivity index (χ1v) is 8.76. The summed E-state index contributed by atoms with van der Waals surface area (Å²) in [6.45, 7) is 1.89. The average molecular weight is 361 g/mol. The Bertz CT molecular complexity index is 719. The number of carbonyl (C=O) groups is 3. The largest absolute Gasteiger partial charge is 0.449 e. The molecule has 1 saturated carbocycles. The predicted octanol–water partition coefficient (Wildman–Crippen LogP) is 2.36. The number of hydrogen-bond acceptors (Lipinski definition) is 5. The number of hydrogen-bond donors (Lipinski definition) is 1. The average Bonchev–Trinajstić information content (AvgIpc) is 3.48. The van der Waals surface area contributed by atoms with Gasteiger partial charge in [-0.15, -0.1) is 0 Å². The van der Waals surface area contributed by atoms with Crippen molar-refractivity contribution >= 4 is 29.3 Å². The molecule has 0 bridgehead atoms. The molecule has 1 unspecified atom stereocenters. The van der Waals surface area contributed by atoms with Crippen molar-refractivity contribution in [2.75, 3.05) is 23.5 Å². The zero-order valence-corrected chi connectivity index (χ0v) is 14.9. The molecule has 3 rings (SSSR count). The molecule has 140 valence electrons. The quantitative estimate of drug-likeness (QED) is 0.657. The lowest BCUT2D eigenvalue weighted by Crippen LogP contribution is -2.53. The van der Waals surface area contributed by atoms with Crippen LogP contribution in [0.5, 0.6) is 0 Å². The van der Waals surface area contributed by atoms with Gasteiger partial charge in [-0.1, -0.05) is 19.1 Å². The molecule has 8 nitrogen and oxygen atoms in total. The van der Waals surface area contributed by atoms with E-state index in [9.17, 15) is 19.6 Å². The molecule has 1 aliphatic heterocycles. The van der Waals surface area contributed by atoms with E-state index in [1.165, 1.54) is 9.80 Å². The van der Waals surface area contributed by atoms with E-state index in [0.717, 1.165) is 12.8 Å². The summed E-state index contributed by atoms with van der Waals surface area (Å²) in [5, 5.41) is 10.8. The monoisotopic (exact) mass is 361 g/mol. The van der Waals surface area contributed by atoms with Crippen molar-refractivity contribution < 1.29 is 24.3 Å². The van der Waals surface area contributed by atoms with Crippen LogP contribution in [0.4, 0.5) is 16.2 Å². The highest BCUT2D eigenvalue weighted by molar-refractivity contribution is 6.04. The molecule has 0 spiro atoms. The minimum atomic E-state index is -1.16. The Balaban J connectivity index is 2.00. The Morgan fingerprint density at radius 3 is 2.54 bits per heavy atom. The van der Waals surface area contributed by atoms with E-state index in [2.05, 4.69) is 0 Å². The molecular formula is C18H23N3O5. The lowest BCUT2D eigenvalue weighted by atomic mass is 10.2. The molecule has 0 aromatic heterocycles. The van der Waals surface area contributed by atoms with E-state index in [-0.39, 0.29) is 18.7 Å². The minimum absolute atomic E-state index is 0.0453. The maximum absolute atomic E-state index is 12.8. The molecule has 2 aliphatic rings. The Morgan fingerprint density at radius 2 is 1.92 bits per heavy atom. The highest BCUT2D eigenvalue weighted by Crippen LogP contribution is 2.36. The van der Waals surface area contributed by atoms with Crippen LogP contribution < -0.4 is 9.80 Å². The van der Waals surface area contributed by atoms with Crippen LogP contribution in [0, 0.1) is 5.92 Å². The third-order valence-corrected chi connectivity index (χ3v) is 4.71. The number of hydroxylamine groups is 2. The molecule has 1 N–H and O–H groups in total.